The number of nitrogens with zero attached hydrogens (tertiary/aromatic N) is 4. The van der Waals surface area contributed by atoms with Gasteiger partial charge in [-0.15, -0.1) is 0 Å². The van der Waals surface area contributed by atoms with Crippen molar-refractivity contribution in [2.75, 3.05) is 33.9 Å². The summed E-state index contributed by atoms with van der Waals surface area (Å²) in [5.41, 5.74) is 10.1. The van der Waals surface area contributed by atoms with Crippen molar-refractivity contribution in [2.24, 2.45) is 17.1 Å². The molecule has 17 heteroatoms. The quantitative estimate of drug-likeness (QED) is 0.119. The molecule has 1 spiro atoms. The van der Waals surface area contributed by atoms with Gasteiger partial charge in [-0.25, -0.2) is 24.4 Å². The van der Waals surface area contributed by atoms with Crippen LogP contribution in [-0.2, 0) is 19.1 Å². The predicted octanol–water partition coefficient (Wildman–Crippen LogP) is 4.23. The van der Waals surface area contributed by atoms with Crippen LogP contribution >= 0.6 is 0 Å². The number of hydrogen-bond acceptors (Lipinski definition) is 9. The normalized spacial score (nSPS) is 18.9. The summed E-state index contributed by atoms with van der Waals surface area (Å²) in [5.74, 6) is 7.29. The lowest BCUT2D eigenvalue weighted by molar-refractivity contribution is -0.136. The monoisotopic (exact) mass is 806 g/mol. The molecule has 4 heterocycles. The maximum Gasteiger partial charge on any atom is 0.407 e. The smallest absolute Gasteiger partial charge is 0.407 e. The van der Waals surface area contributed by atoms with Crippen molar-refractivity contribution in [1.82, 2.24) is 45.7 Å². The topological polar surface area (TPSA) is 230 Å². The van der Waals surface area contributed by atoms with Crippen LogP contribution in [0.1, 0.15) is 87.2 Å². The lowest BCUT2D eigenvalue weighted by Crippen LogP contribution is -2.51. The number of nitrogens with one attached hydrogen (secondary N) is 5. The first-order chi connectivity index (χ1) is 28.4. The second-order valence-electron chi connectivity index (χ2n) is 15.9. The number of primary amides is 1. The van der Waals surface area contributed by atoms with Crippen LogP contribution in [0.25, 0.3) is 22.3 Å². The summed E-state index contributed by atoms with van der Waals surface area (Å²) in [6.07, 6.45) is 4.96. The molecular formula is C42H50N10O7. The molecule has 3 fully saturated rings. The number of H-pyrrole nitrogens is 2. The molecule has 0 unspecified atom stereocenters. The number of aromatic amines is 2. The molecular weight excluding hydrogens is 757 g/mol. The molecule has 59 heavy (non-hydrogen) atoms. The van der Waals surface area contributed by atoms with Gasteiger partial charge in [0.25, 0.3) is 0 Å². The van der Waals surface area contributed by atoms with Crippen LogP contribution in [0.15, 0.2) is 48.7 Å². The molecule has 1 aliphatic carbocycles. The third-order valence-corrected chi connectivity index (χ3v) is 11.4. The van der Waals surface area contributed by atoms with E-state index in [1.54, 1.807) is 11.1 Å². The van der Waals surface area contributed by atoms with E-state index in [1.807, 2.05) is 61.2 Å². The second kappa shape index (κ2) is 17.1. The average Bonchev–Trinajstić information content (AvgIpc) is 3.72. The SMILES string of the molecule is COC(=O)N[C@@H](CCNC(N)=O)C(=O)N1CCC[C@H]1c1nc(-c2ccc(C#Cc3ccc4[nH]c([C@@H]5CC6(CC6)CN5C(=O)[C@@H](NC(=O)OC)C(C)C)nc4c3)cc2)c[nH]1. The van der Waals surface area contributed by atoms with Crippen LogP contribution in [0.5, 0.6) is 0 Å². The molecule has 4 atom stereocenters. The number of carbonyl (C=O) groups is 5. The maximum atomic E-state index is 13.9. The minimum Gasteiger partial charge on any atom is -0.453 e. The Labute approximate surface area is 341 Å². The number of fused-ring (bicyclic) bond motifs is 1. The van der Waals surface area contributed by atoms with E-state index in [1.165, 1.54) is 14.2 Å². The Bertz CT molecular complexity index is 2290. The van der Waals surface area contributed by atoms with E-state index < -0.39 is 30.3 Å². The highest BCUT2D eigenvalue weighted by Crippen LogP contribution is 2.58. The first-order valence-electron chi connectivity index (χ1n) is 19.9. The van der Waals surface area contributed by atoms with Crippen LogP contribution in [0, 0.1) is 23.2 Å². The van der Waals surface area contributed by atoms with Gasteiger partial charge in [-0.2, -0.15) is 0 Å². The van der Waals surface area contributed by atoms with Crippen molar-refractivity contribution in [3.8, 4) is 23.1 Å². The molecule has 2 saturated heterocycles. The van der Waals surface area contributed by atoms with Crippen LogP contribution in [0.2, 0.25) is 0 Å². The van der Waals surface area contributed by atoms with E-state index >= 15 is 0 Å². The molecule has 310 valence electrons. The van der Waals surface area contributed by atoms with Gasteiger partial charge in [-0.1, -0.05) is 37.8 Å². The zero-order valence-corrected chi connectivity index (χ0v) is 33.6. The molecule has 2 aromatic heterocycles. The van der Waals surface area contributed by atoms with E-state index in [2.05, 4.69) is 37.8 Å². The van der Waals surface area contributed by atoms with Crippen LogP contribution in [0.3, 0.4) is 0 Å². The molecule has 7 N–H and O–H groups in total. The number of carbonyl (C=O) groups excluding carboxylic acids is 5. The molecule has 7 rings (SSSR count). The molecule has 2 aromatic carbocycles. The molecule has 17 nitrogen and oxygen atoms in total. The van der Waals surface area contributed by atoms with Gasteiger partial charge in [-0.3, -0.25) is 9.59 Å². The number of aromatic nitrogens is 4. The number of alkyl carbamates (subject to hydrolysis) is 2. The molecule has 0 radical (unpaired) electrons. The van der Waals surface area contributed by atoms with Gasteiger partial charge in [-0.05, 0) is 80.2 Å². The number of hydrogen-bond donors (Lipinski definition) is 6. The molecule has 1 saturated carbocycles. The molecule has 3 aliphatic rings. The first kappa shape index (κ1) is 40.6. The molecule has 6 amide bonds. The zero-order chi connectivity index (χ0) is 41.8. The van der Waals surface area contributed by atoms with Crippen molar-refractivity contribution in [1.29, 1.82) is 0 Å². The number of nitrogens with two attached hydrogens (primary N) is 1. The van der Waals surface area contributed by atoms with Gasteiger partial charge in [0.1, 0.15) is 23.7 Å². The Kier molecular flexibility index (Phi) is 11.8. The third kappa shape index (κ3) is 9.11. The van der Waals surface area contributed by atoms with E-state index in [0.717, 1.165) is 59.2 Å². The van der Waals surface area contributed by atoms with Crippen molar-refractivity contribution in [3.63, 3.8) is 0 Å². The van der Waals surface area contributed by atoms with E-state index in [-0.39, 0.29) is 48.2 Å². The fraction of sp³-hybridized carbons (Fsp3) is 0.452. The van der Waals surface area contributed by atoms with Crippen molar-refractivity contribution >= 4 is 41.1 Å². The summed E-state index contributed by atoms with van der Waals surface area (Å²) in [5, 5.41) is 7.75. The zero-order valence-electron chi connectivity index (χ0n) is 33.6. The second-order valence-corrected chi connectivity index (χ2v) is 15.9. The Hall–Kier alpha value is -6.57. The summed E-state index contributed by atoms with van der Waals surface area (Å²) in [7, 11) is 2.51. The van der Waals surface area contributed by atoms with Gasteiger partial charge in [0.2, 0.25) is 11.8 Å². The van der Waals surface area contributed by atoms with E-state index in [0.29, 0.717) is 31.0 Å². The minimum atomic E-state index is -0.923. The Balaban J connectivity index is 1.02. The van der Waals surface area contributed by atoms with E-state index in [9.17, 15) is 24.0 Å². The summed E-state index contributed by atoms with van der Waals surface area (Å²) in [6.45, 7) is 5.03. The first-order valence-corrected chi connectivity index (χ1v) is 19.9. The van der Waals surface area contributed by atoms with Gasteiger partial charge < -0.3 is 50.9 Å². The van der Waals surface area contributed by atoms with Gasteiger partial charge in [0, 0.05) is 42.5 Å². The van der Waals surface area contributed by atoms with Crippen molar-refractivity contribution in [3.05, 3.63) is 71.4 Å². The minimum absolute atomic E-state index is 0.0960. The highest BCUT2D eigenvalue weighted by molar-refractivity contribution is 5.87. The number of imidazole rings is 2. The Morgan fingerprint density at radius 3 is 2.32 bits per heavy atom. The van der Waals surface area contributed by atoms with Gasteiger partial charge in [0.15, 0.2) is 0 Å². The fourth-order valence-corrected chi connectivity index (χ4v) is 8.05. The predicted molar refractivity (Wildman–Crippen MR) is 216 cm³/mol. The number of methoxy groups -OCH3 is 2. The maximum absolute atomic E-state index is 13.9. The molecule has 2 aliphatic heterocycles. The number of rotatable bonds is 11. The van der Waals surface area contributed by atoms with E-state index in [4.69, 9.17) is 25.2 Å². The van der Waals surface area contributed by atoms with Crippen LogP contribution in [0.4, 0.5) is 14.4 Å². The van der Waals surface area contributed by atoms with Crippen LogP contribution in [-0.4, -0.2) is 106 Å². The summed E-state index contributed by atoms with van der Waals surface area (Å²) in [6, 6.07) is 10.7. The number of benzene rings is 2. The standard InChI is InChI=1S/C42H50N10O7/c1-24(2)34(50-41(57)59-4)38(54)52-23-42(16-17-42)21-33(52)36-46-28-14-11-26(20-30(28)47-36)8-7-25-9-12-27(13-10-25)31-22-45-35(48-31)32-6-5-19-51(32)37(53)29(49-40(56)58-3)15-18-44-39(43)55/h9-14,20,22,24,29,32-34H,5-6,15-19,21,23H2,1-4H3,(H,45,48)(H,46,47)(H,49,56)(H,50,57)(H3,43,44,55)/t29-,32-,33-,34-/m0/s1. The summed E-state index contributed by atoms with van der Waals surface area (Å²) in [4.78, 5) is 82.8. The lowest BCUT2D eigenvalue weighted by Gasteiger charge is -2.30. The number of urea groups is 1. The number of ether oxygens (including phenoxy) is 2. The molecule has 0 bridgehead atoms. The van der Waals surface area contributed by atoms with Gasteiger partial charge in [0.05, 0.1) is 43.0 Å². The largest absolute Gasteiger partial charge is 0.453 e. The number of amides is 6. The van der Waals surface area contributed by atoms with Crippen LogP contribution < -0.4 is 21.7 Å². The summed E-state index contributed by atoms with van der Waals surface area (Å²) >= 11 is 0. The van der Waals surface area contributed by atoms with Crippen molar-refractivity contribution < 1.29 is 33.4 Å². The lowest BCUT2D eigenvalue weighted by atomic mass is 10.0. The highest BCUT2D eigenvalue weighted by atomic mass is 16.5. The average molecular weight is 807 g/mol. The van der Waals surface area contributed by atoms with Crippen molar-refractivity contribution in [2.45, 2.75) is 76.5 Å². The third-order valence-electron chi connectivity index (χ3n) is 11.4. The Morgan fingerprint density at radius 2 is 1.63 bits per heavy atom. The number of likely N-dealkylation sites (tertiary alicyclic amines) is 2. The highest BCUT2D eigenvalue weighted by Gasteiger charge is 2.55. The van der Waals surface area contributed by atoms with Gasteiger partial charge >= 0.3 is 18.2 Å². The fourth-order valence-electron chi connectivity index (χ4n) is 8.05. The Morgan fingerprint density at radius 1 is 0.915 bits per heavy atom. The molecule has 4 aromatic rings. The summed E-state index contributed by atoms with van der Waals surface area (Å²) < 4.78 is 9.51.